The highest BCUT2D eigenvalue weighted by atomic mass is 35.5. The molecule has 2 rings (SSSR count). The van der Waals surface area contributed by atoms with E-state index in [1.807, 2.05) is 12.1 Å². The van der Waals surface area contributed by atoms with Crippen molar-refractivity contribution in [2.24, 2.45) is 0 Å². The number of rotatable bonds is 3. The fraction of sp³-hybridized carbons (Fsp3) is 0.538. The van der Waals surface area contributed by atoms with E-state index in [2.05, 4.69) is 36.1 Å². The fourth-order valence-corrected chi connectivity index (χ4v) is 3.54. The van der Waals surface area contributed by atoms with Crippen molar-refractivity contribution in [1.82, 2.24) is 5.32 Å². The molecule has 1 fully saturated rings. The van der Waals surface area contributed by atoms with Crippen molar-refractivity contribution in [3.8, 4) is 0 Å². The Morgan fingerprint density at radius 1 is 1.31 bits per heavy atom. The summed E-state index contributed by atoms with van der Waals surface area (Å²) in [6.07, 6.45) is 2.55. The van der Waals surface area contributed by atoms with Crippen molar-refractivity contribution in [2.75, 3.05) is 11.5 Å². The molecule has 0 amide bonds. The zero-order valence-electron chi connectivity index (χ0n) is 9.58. The molecule has 0 radical (unpaired) electrons. The molecule has 0 bridgehead atoms. The van der Waals surface area contributed by atoms with Gasteiger partial charge in [-0.2, -0.15) is 11.8 Å². The number of thioether (sulfide) groups is 1. The fourth-order valence-electron chi connectivity index (χ4n) is 2.13. The van der Waals surface area contributed by atoms with Crippen molar-refractivity contribution < 1.29 is 0 Å². The zero-order valence-corrected chi connectivity index (χ0v) is 11.2. The van der Waals surface area contributed by atoms with Gasteiger partial charge < -0.3 is 5.32 Å². The van der Waals surface area contributed by atoms with Crippen molar-refractivity contribution in [3.05, 3.63) is 34.9 Å². The van der Waals surface area contributed by atoms with Gasteiger partial charge in [0.25, 0.3) is 0 Å². The predicted molar refractivity (Wildman–Crippen MR) is 73.3 cm³/mol. The molecule has 0 spiro atoms. The second-order valence-corrected chi connectivity index (χ2v) is 5.93. The minimum Gasteiger partial charge on any atom is -0.307 e. The molecule has 0 aromatic heterocycles. The maximum absolute atomic E-state index is 6.19. The van der Waals surface area contributed by atoms with Crippen LogP contribution < -0.4 is 5.32 Å². The van der Waals surface area contributed by atoms with E-state index < -0.39 is 0 Å². The summed E-state index contributed by atoms with van der Waals surface area (Å²) in [5, 5.41) is 4.55. The summed E-state index contributed by atoms with van der Waals surface area (Å²) in [7, 11) is 0. The van der Waals surface area contributed by atoms with E-state index in [1.54, 1.807) is 0 Å². The van der Waals surface area contributed by atoms with Gasteiger partial charge >= 0.3 is 0 Å². The Labute approximate surface area is 107 Å². The molecule has 1 unspecified atom stereocenters. The lowest BCUT2D eigenvalue weighted by atomic mass is 10.1. The van der Waals surface area contributed by atoms with Gasteiger partial charge in [0, 0.05) is 17.1 Å². The summed E-state index contributed by atoms with van der Waals surface area (Å²) in [6.45, 7) is 2.20. The second kappa shape index (κ2) is 5.95. The van der Waals surface area contributed by atoms with E-state index in [4.69, 9.17) is 11.6 Å². The molecule has 1 aromatic carbocycles. The first-order valence-corrected chi connectivity index (χ1v) is 7.39. The van der Waals surface area contributed by atoms with Crippen molar-refractivity contribution in [3.63, 3.8) is 0 Å². The Morgan fingerprint density at radius 2 is 2.00 bits per heavy atom. The highest BCUT2D eigenvalue weighted by molar-refractivity contribution is 7.99. The van der Waals surface area contributed by atoms with Gasteiger partial charge in [0.1, 0.15) is 0 Å². The molecule has 16 heavy (non-hydrogen) atoms. The van der Waals surface area contributed by atoms with Crippen LogP contribution in [0.3, 0.4) is 0 Å². The third-order valence-corrected chi connectivity index (χ3v) is 4.47. The number of halogens is 1. The van der Waals surface area contributed by atoms with Crippen LogP contribution in [0.15, 0.2) is 24.3 Å². The Hall–Kier alpha value is -0.180. The van der Waals surface area contributed by atoms with Gasteiger partial charge in [-0.3, -0.25) is 0 Å². The van der Waals surface area contributed by atoms with Crippen LogP contribution in [0.1, 0.15) is 31.4 Å². The first kappa shape index (κ1) is 12.3. The Balaban J connectivity index is 1.96. The highest BCUT2D eigenvalue weighted by Gasteiger charge is 2.17. The second-order valence-electron chi connectivity index (χ2n) is 4.30. The zero-order chi connectivity index (χ0) is 11.4. The summed E-state index contributed by atoms with van der Waals surface area (Å²) in [6, 6.07) is 9.12. The van der Waals surface area contributed by atoms with Gasteiger partial charge in [-0.15, -0.1) is 0 Å². The van der Waals surface area contributed by atoms with E-state index in [9.17, 15) is 0 Å². The van der Waals surface area contributed by atoms with Crippen LogP contribution in [0.2, 0.25) is 5.02 Å². The lowest BCUT2D eigenvalue weighted by molar-refractivity contribution is 0.431. The lowest BCUT2D eigenvalue weighted by Crippen LogP contribution is -2.34. The third kappa shape index (κ3) is 3.16. The number of hydrogen-bond acceptors (Lipinski definition) is 2. The third-order valence-electron chi connectivity index (χ3n) is 3.08. The minimum absolute atomic E-state index is 0.349. The number of benzene rings is 1. The normalized spacial score (nSPS) is 19.6. The summed E-state index contributed by atoms with van der Waals surface area (Å²) in [5.41, 5.74) is 1.21. The standard InChI is InChI=1S/C13H18ClNS/c1-10(12-4-2-3-5-13(12)14)15-11-6-8-16-9-7-11/h2-5,10-11,15H,6-9H2,1H3. The Kier molecular flexibility index (Phi) is 4.56. The van der Waals surface area contributed by atoms with Crippen LogP contribution >= 0.6 is 23.4 Å². The SMILES string of the molecule is CC(NC1CCSCC1)c1ccccc1Cl. The maximum atomic E-state index is 6.19. The highest BCUT2D eigenvalue weighted by Crippen LogP contribution is 2.25. The molecule has 0 aliphatic carbocycles. The first-order valence-electron chi connectivity index (χ1n) is 5.85. The molecule has 1 saturated heterocycles. The molecular formula is C13H18ClNS. The quantitative estimate of drug-likeness (QED) is 0.880. The molecule has 1 nitrogen and oxygen atoms in total. The molecule has 1 aliphatic heterocycles. The van der Waals surface area contributed by atoms with E-state index in [-0.39, 0.29) is 0 Å². The average Bonchev–Trinajstić information content (AvgIpc) is 2.31. The van der Waals surface area contributed by atoms with E-state index in [0.29, 0.717) is 12.1 Å². The van der Waals surface area contributed by atoms with Crippen LogP contribution in [-0.2, 0) is 0 Å². The summed E-state index contributed by atoms with van der Waals surface area (Å²) >= 11 is 8.25. The number of nitrogens with one attached hydrogen (secondary N) is 1. The van der Waals surface area contributed by atoms with Crippen LogP contribution in [0, 0.1) is 0 Å². The monoisotopic (exact) mass is 255 g/mol. The van der Waals surface area contributed by atoms with Crippen LogP contribution in [0.5, 0.6) is 0 Å². The Morgan fingerprint density at radius 3 is 2.69 bits per heavy atom. The molecular weight excluding hydrogens is 238 g/mol. The molecule has 3 heteroatoms. The van der Waals surface area contributed by atoms with Gasteiger partial charge in [-0.25, -0.2) is 0 Å². The predicted octanol–water partition coefficient (Wildman–Crippen LogP) is 3.89. The van der Waals surface area contributed by atoms with Gasteiger partial charge in [0.15, 0.2) is 0 Å². The van der Waals surface area contributed by atoms with Gasteiger partial charge in [0.05, 0.1) is 0 Å². The largest absolute Gasteiger partial charge is 0.307 e. The molecule has 88 valence electrons. The van der Waals surface area contributed by atoms with Gasteiger partial charge in [-0.05, 0) is 42.9 Å². The molecule has 1 aromatic rings. The molecule has 1 aliphatic rings. The smallest absolute Gasteiger partial charge is 0.0453 e. The Bertz CT molecular complexity index is 336. The first-order chi connectivity index (χ1) is 7.77. The average molecular weight is 256 g/mol. The molecule has 0 saturated carbocycles. The summed E-state index contributed by atoms with van der Waals surface area (Å²) in [5.74, 6) is 2.57. The number of hydrogen-bond donors (Lipinski definition) is 1. The summed E-state index contributed by atoms with van der Waals surface area (Å²) < 4.78 is 0. The van der Waals surface area contributed by atoms with Crippen LogP contribution in [0.25, 0.3) is 0 Å². The molecule has 1 heterocycles. The lowest BCUT2D eigenvalue weighted by Gasteiger charge is -2.27. The van der Waals surface area contributed by atoms with Crippen LogP contribution in [0.4, 0.5) is 0 Å². The van der Waals surface area contributed by atoms with Crippen LogP contribution in [-0.4, -0.2) is 17.5 Å². The van der Waals surface area contributed by atoms with Gasteiger partial charge in [0.2, 0.25) is 0 Å². The van der Waals surface area contributed by atoms with E-state index in [1.165, 1.54) is 29.9 Å². The van der Waals surface area contributed by atoms with E-state index >= 15 is 0 Å². The topological polar surface area (TPSA) is 12.0 Å². The summed E-state index contributed by atoms with van der Waals surface area (Å²) in [4.78, 5) is 0. The van der Waals surface area contributed by atoms with Crippen molar-refractivity contribution in [1.29, 1.82) is 0 Å². The van der Waals surface area contributed by atoms with E-state index in [0.717, 1.165) is 5.02 Å². The maximum Gasteiger partial charge on any atom is 0.0453 e. The molecule has 1 N–H and O–H groups in total. The molecule has 1 atom stereocenters. The minimum atomic E-state index is 0.349. The van der Waals surface area contributed by atoms with Gasteiger partial charge in [-0.1, -0.05) is 29.8 Å². The van der Waals surface area contributed by atoms with Crippen molar-refractivity contribution >= 4 is 23.4 Å². The van der Waals surface area contributed by atoms with Crippen molar-refractivity contribution in [2.45, 2.75) is 31.8 Å².